The third-order valence-electron chi connectivity index (χ3n) is 6.95. The van der Waals surface area contributed by atoms with Crippen molar-refractivity contribution in [3.63, 3.8) is 0 Å². The number of unbranched alkanes of at least 4 members (excludes halogenated alkanes) is 1. The van der Waals surface area contributed by atoms with Crippen molar-refractivity contribution in [3.05, 3.63) is 70.2 Å². The van der Waals surface area contributed by atoms with Crippen molar-refractivity contribution >= 4 is 0 Å². The standard InChI is InChI=1S/C27H40FN/c1-9-10-13-23-14-15-24(20(4)26(23)28)18-29(8)22(6)25(19(2)3)21(5)27(7)16-11-12-17-27/h14-15H,2,6,9-13,16-18H2,1,3-5,7-8H3/b25-21-. The van der Waals surface area contributed by atoms with Crippen molar-refractivity contribution in [1.82, 2.24) is 4.90 Å². The molecule has 0 unspecified atom stereocenters. The fraction of sp³-hybridized carbons (Fsp3) is 0.556. The molecular weight excluding hydrogens is 357 g/mol. The molecule has 29 heavy (non-hydrogen) atoms. The summed E-state index contributed by atoms with van der Waals surface area (Å²) < 4.78 is 14.8. The van der Waals surface area contributed by atoms with E-state index >= 15 is 0 Å². The number of aryl methyl sites for hydroxylation is 1. The van der Waals surface area contributed by atoms with Crippen LogP contribution in [0.1, 0.15) is 82.9 Å². The van der Waals surface area contributed by atoms with Gasteiger partial charge in [0.15, 0.2) is 0 Å². The Kier molecular flexibility index (Phi) is 7.91. The van der Waals surface area contributed by atoms with Crippen LogP contribution < -0.4 is 0 Å². The van der Waals surface area contributed by atoms with Gasteiger partial charge in [-0.2, -0.15) is 0 Å². The molecule has 0 amide bonds. The quantitative estimate of drug-likeness (QED) is 0.383. The number of hydrogen-bond donors (Lipinski definition) is 0. The second-order valence-corrected chi connectivity index (χ2v) is 9.28. The molecule has 2 rings (SSSR count). The van der Waals surface area contributed by atoms with Gasteiger partial charge in [-0.3, -0.25) is 0 Å². The highest BCUT2D eigenvalue weighted by Gasteiger charge is 2.33. The number of likely N-dealkylation sites (N-methyl/N-ethyl adjacent to an activating group) is 1. The van der Waals surface area contributed by atoms with Crippen molar-refractivity contribution in [2.75, 3.05) is 7.05 Å². The third kappa shape index (κ3) is 5.21. The molecule has 0 atom stereocenters. The summed E-state index contributed by atoms with van der Waals surface area (Å²) in [6, 6.07) is 4.05. The zero-order valence-corrected chi connectivity index (χ0v) is 19.6. The predicted molar refractivity (Wildman–Crippen MR) is 124 cm³/mol. The van der Waals surface area contributed by atoms with Crippen LogP contribution >= 0.6 is 0 Å². The maximum absolute atomic E-state index is 14.8. The summed E-state index contributed by atoms with van der Waals surface area (Å²) in [7, 11) is 2.05. The number of halogens is 1. The van der Waals surface area contributed by atoms with Crippen LogP contribution in [0.5, 0.6) is 0 Å². The lowest BCUT2D eigenvalue weighted by Gasteiger charge is -2.32. The van der Waals surface area contributed by atoms with Gasteiger partial charge in [0.2, 0.25) is 0 Å². The van der Waals surface area contributed by atoms with Gasteiger partial charge in [-0.1, -0.05) is 64.0 Å². The van der Waals surface area contributed by atoms with Gasteiger partial charge in [0.25, 0.3) is 0 Å². The van der Waals surface area contributed by atoms with Crippen LogP contribution in [-0.4, -0.2) is 11.9 Å². The molecule has 0 N–H and O–H groups in total. The Bertz CT molecular complexity index is 793. The summed E-state index contributed by atoms with van der Waals surface area (Å²) in [4.78, 5) is 2.15. The minimum atomic E-state index is -0.0414. The molecule has 1 aromatic carbocycles. The fourth-order valence-electron chi connectivity index (χ4n) is 4.67. The zero-order valence-electron chi connectivity index (χ0n) is 19.6. The van der Waals surface area contributed by atoms with E-state index < -0.39 is 0 Å². The molecule has 1 aromatic rings. The van der Waals surface area contributed by atoms with E-state index in [9.17, 15) is 4.39 Å². The molecule has 0 radical (unpaired) electrons. The van der Waals surface area contributed by atoms with Crippen LogP contribution in [0.4, 0.5) is 4.39 Å². The summed E-state index contributed by atoms with van der Waals surface area (Å²) in [6.07, 6.45) is 7.97. The second-order valence-electron chi connectivity index (χ2n) is 9.28. The average Bonchev–Trinajstić information content (AvgIpc) is 3.12. The normalized spacial score (nSPS) is 16.5. The van der Waals surface area contributed by atoms with Crippen molar-refractivity contribution in [2.24, 2.45) is 5.41 Å². The van der Waals surface area contributed by atoms with Gasteiger partial charge in [0.1, 0.15) is 5.82 Å². The molecule has 1 aliphatic rings. The average molecular weight is 398 g/mol. The molecule has 0 aliphatic heterocycles. The molecule has 0 aromatic heterocycles. The first-order valence-corrected chi connectivity index (χ1v) is 11.2. The van der Waals surface area contributed by atoms with Gasteiger partial charge < -0.3 is 4.90 Å². The summed E-state index contributed by atoms with van der Waals surface area (Å²) >= 11 is 0. The molecule has 2 heteroatoms. The topological polar surface area (TPSA) is 3.24 Å². The maximum Gasteiger partial charge on any atom is 0.129 e. The van der Waals surface area contributed by atoms with Gasteiger partial charge in [-0.15, -0.1) is 0 Å². The Morgan fingerprint density at radius 2 is 1.72 bits per heavy atom. The van der Waals surface area contributed by atoms with E-state index in [0.29, 0.717) is 6.54 Å². The van der Waals surface area contributed by atoms with Crippen LogP contribution in [0.25, 0.3) is 0 Å². The lowest BCUT2D eigenvalue weighted by Crippen LogP contribution is -2.23. The highest BCUT2D eigenvalue weighted by Crippen LogP contribution is 2.46. The SMILES string of the molecule is C=C(C)/C(C(=C)N(C)Cc1ccc(CCCC)c(F)c1C)=C(\C)C1(C)CCCC1. The van der Waals surface area contributed by atoms with Gasteiger partial charge >= 0.3 is 0 Å². The summed E-state index contributed by atoms with van der Waals surface area (Å²) in [6.45, 7) is 20.1. The smallest absolute Gasteiger partial charge is 0.129 e. The van der Waals surface area contributed by atoms with Crippen molar-refractivity contribution in [3.8, 4) is 0 Å². The largest absolute Gasteiger partial charge is 0.370 e. The van der Waals surface area contributed by atoms with Gasteiger partial charge in [-0.25, -0.2) is 4.39 Å². The van der Waals surface area contributed by atoms with Crippen LogP contribution in [-0.2, 0) is 13.0 Å². The first kappa shape index (κ1) is 23.4. The summed E-state index contributed by atoms with van der Waals surface area (Å²) in [5, 5.41) is 0. The molecule has 0 heterocycles. The van der Waals surface area contributed by atoms with Gasteiger partial charge in [0.05, 0.1) is 0 Å². The number of hydrogen-bond acceptors (Lipinski definition) is 1. The van der Waals surface area contributed by atoms with Crippen LogP contribution in [0.2, 0.25) is 0 Å². The molecule has 0 spiro atoms. The number of benzene rings is 1. The molecule has 0 saturated heterocycles. The van der Waals surface area contributed by atoms with Gasteiger partial charge in [0, 0.05) is 19.3 Å². The lowest BCUT2D eigenvalue weighted by atomic mass is 9.77. The Morgan fingerprint density at radius 3 is 2.28 bits per heavy atom. The molecular formula is C27H40FN. The molecule has 1 fully saturated rings. The highest BCUT2D eigenvalue weighted by atomic mass is 19.1. The Hall–Kier alpha value is -1.83. The van der Waals surface area contributed by atoms with Crippen LogP contribution in [0.15, 0.2) is 47.7 Å². The number of rotatable bonds is 9. The Labute approximate surface area is 178 Å². The Morgan fingerprint density at radius 1 is 1.14 bits per heavy atom. The molecule has 1 aliphatic carbocycles. The number of nitrogens with zero attached hydrogens (tertiary/aromatic N) is 1. The molecule has 1 saturated carbocycles. The van der Waals surface area contributed by atoms with Crippen LogP contribution in [0.3, 0.4) is 0 Å². The number of allylic oxidation sites excluding steroid dienone is 2. The zero-order chi connectivity index (χ0) is 21.8. The van der Waals surface area contributed by atoms with Gasteiger partial charge in [-0.05, 0) is 79.7 Å². The van der Waals surface area contributed by atoms with E-state index in [2.05, 4.69) is 58.9 Å². The Balaban J connectivity index is 2.27. The van der Waals surface area contributed by atoms with E-state index in [-0.39, 0.29) is 11.2 Å². The van der Waals surface area contributed by atoms with E-state index in [0.717, 1.165) is 47.2 Å². The predicted octanol–water partition coefficient (Wildman–Crippen LogP) is 7.90. The summed E-state index contributed by atoms with van der Waals surface area (Å²) in [5.74, 6) is -0.0414. The third-order valence-corrected chi connectivity index (χ3v) is 6.95. The fourth-order valence-corrected chi connectivity index (χ4v) is 4.67. The lowest BCUT2D eigenvalue weighted by molar-refractivity contribution is 0.394. The van der Waals surface area contributed by atoms with E-state index in [1.807, 2.05) is 13.0 Å². The molecule has 0 bridgehead atoms. The second kappa shape index (κ2) is 9.78. The van der Waals surface area contributed by atoms with Crippen molar-refractivity contribution in [1.29, 1.82) is 0 Å². The first-order chi connectivity index (χ1) is 13.6. The van der Waals surface area contributed by atoms with Crippen LogP contribution in [0, 0.1) is 18.2 Å². The maximum atomic E-state index is 14.8. The van der Waals surface area contributed by atoms with Crippen molar-refractivity contribution in [2.45, 2.75) is 86.1 Å². The monoisotopic (exact) mass is 397 g/mol. The van der Waals surface area contributed by atoms with E-state index in [4.69, 9.17) is 0 Å². The minimum Gasteiger partial charge on any atom is -0.370 e. The van der Waals surface area contributed by atoms with Crippen molar-refractivity contribution < 1.29 is 4.39 Å². The summed E-state index contributed by atoms with van der Waals surface area (Å²) in [5.41, 5.74) is 7.49. The van der Waals surface area contributed by atoms with E-state index in [1.165, 1.54) is 36.8 Å². The molecule has 1 nitrogen and oxygen atoms in total. The molecule has 160 valence electrons. The van der Waals surface area contributed by atoms with E-state index in [1.54, 1.807) is 0 Å². The first-order valence-electron chi connectivity index (χ1n) is 11.2. The highest BCUT2D eigenvalue weighted by molar-refractivity contribution is 5.47. The minimum absolute atomic E-state index is 0.0414.